The summed E-state index contributed by atoms with van der Waals surface area (Å²) in [5.74, 6) is 0.280. The second-order valence-electron chi connectivity index (χ2n) is 4.40. The Morgan fingerprint density at radius 2 is 2.19 bits per heavy atom. The molecule has 0 spiro atoms. The van der Waals surface area contributed by atoms with Crippen molar-refractivity contribution in [2.75, 3.05) is 7.11 Å². The zero-order valence-corrected chi connectivity index (χ0v) is 9.41. The smallest absolute Gasteiger partial charge is 0.255 e. The second-order valence-corrected chi connectivity index (χ2v) is 4.40. The summed E-state index contributed by atoms with van der Waals surface area (Å²) in [5, 5.41) is 12.5. The van der Waals surface area contributed by atoms with Crippen molar-refractivity contribution in [1.82, 2.24) is 5.32 Å². The van der Waals surface area contributed by atoms with Gasteiger partial charge >= 0.3 is 0 Å². The molecule has 0 radical (unpaired) electrons. The van der Waals surface area contributed by atoms with Crippen molar-refractivity contribution in [2.45, 2.75) is 25.3 Å². The highest BCUT2D eigenvalue weighted by molar-refractivity contribution is 5.97. The van der Waals surface area contributed by atoms with Crippen LogP contribution in [-0.4, -0.2) is 23.7 Å². The van der Waals surface area contributed by atoms with E-state index in [4.69, 9.17) is 4.74 Å². The number of hydrogen-bond donors (Lipinski definition) is 2. The van der Waals surface area contributed by atoms with Crippen LogP contribution in [0.4, 0.5) is 0 Å². The summed E-state index contributed by atoms with van der Waals surface area (Å²) in [7, 11) is 1.52. The van der Waals surface area contributed by atoms with Crippen molar-refractivity contribution >= 4 is 5.91 Å². The highest BCUT2D eigenvalue weighted by Crippen LogP contribution is 2.35. The van der Waals surface area contributed by atoms with Gasteiger partial charge in [0.25, 0.3) is 5.91 Å². The maximum atomic E-state index is 11.9. The number of carbonyl (C=O) groups is 1. The van der Waals surface area contributed by atoms with E-state index in [9.17, 15) is 9.90 Å². The van der Waals surface area contributed by atoms with Gasteiger partial charge in [-0.15, -0.1) is 0 Å². The first-order valence-electron chi connectivity index (χ1n) is 5.24. The van der Waals surface area contributed by atoms with Gasteiger partial charge in [0.15, 0.2) is 0 Å². The molecule has 1 aliphatic carbocycles. The molecule has 0 unspecified atom stereocenters. The third kappa shape index (κ3) is 2.10. The van der Waals surface area contributed by atoms with Crippen molar-refractivity contribution < 1.29 is 14.6 Å². The number of phenolic OH excluding ortho intramolecular Hbond substituents is 1. The third-order valence-corrected chi connectivity index (χ3v) is 2.86. The number of benzene rings is 1. The van der Waals surface area contributed by atoms with Crippen LogP contribution in [0.2, 0.25) is 0 Å². The van der Waals surface area contributed by atoms with Gasteiger partial charge in [-0.1, -0.05) is 0 Å². The fourth-order valence-corrected chi connectivity index (χ4v) is 1.48. The number of rotatable bonds is 3. The van der Waals surface area contributed by atoms with Gasteiger partial charge in [-0.05, 0) is 38.0 Å². The summed E-state index contributed by atoms with van der Waals surface area (Å²) in [5.41, 5.74) is 0.166. The van der Waals surface area contributed by atoms with E-state index in [1.165, 1.54) is 19.2 Å². The SMILES string of the molecule is COc1ccc(O)c(C(=O)NC2(C)CC2)c1. The van der Waals surface area contributed by atoms with E-state index in [2.05, 4.69) is 5.32 Å². The number of hydrogen-bond acceptors (Lipinski definition) is 3. The van der Waals surface area contributed by atoms with E-state index in [-0.39, 0.29) is 22.8 Å². The van der Waals surface area contributed by atoms with Crippen molar-refractivity contribution in [3.8, 4) is 11.5 Å². The average molecular weight is 221 g/mol. The molecule has 0 saturated heterocycles. The Balaban J connectivity index is 2.21. The van der Waals surface area contributed by atoms with E-state index < -0.39 is 0 Å². The van der Waals surface area contributed by atoms with Crippen LogP contribution in [0.1, 0.15) is 30.1 Å². The standard InChI is InChI=1S/C12H15NO3/c1-12(5-6-12)13-11(15)9-7-8(16-2)3-4-10(9)14/h3-4,7,14H,5-6H2,1-2H3,(H,13,15). The number of nitrogens with one attached hydrogen (secondary N) is 1. The summed E-state index contributed by atoms with van der Waals surface area (Å²) >= 11 is 0. The number of ether oxygens (including phenoxy) is 1. The molecule has 4 heteroatoms. The molecule has 0 aromatic heterocycles. The van der Waals surface area contributed by atoms with Gasteiger partial charge in [0.05, 0.1) is 12.7 Å². The minimum Gasteiger partial charge on any atom is -0.507 e. The zero-order valence-electron chi connectivity index (χ0n) is 9.41. The molecule has 86 valence electrons. The Morgan fingerprint density at radius 3 is 2.75 bits per heavy atom. The molecule has 0 heterocycles. The van der Waals surface area contributed by atoms with Gasteiger partial charge in [-0.3, -0.25) is 4.79 Å². The molecule has 1 aromatic carbocycles. The first-order valence-corrected chi connectivity index (χ1v) is 5.24. The lowest BCUT2D eigenvalue weighted by atomic mass is 10.1. The summed E-state index contributed by atoms with van der Waals surface area (Å²) in [6, 6.07) is 4.62. The predicted octanol–water partition coefficient (Wildman–Crippen LogP) is 1.68. The maximum absolute atomic E-state index is 11.9. The maximum Gasteiger partial charge on any atom is 0.255 e. The Hall–Kier alpha value is -1.71. The van der Waals surface area contributed by atoms with Crippen molar-refractivity contribution in [3.05, 3.63) is 23.8 Å². The number of methoxy groups -OCH3 is 1. The van der Waals surface area contributed by atoms with Gasteiger partial charge in [0.2, 0.25) is 0 Å². The predicted molar refractivity (Wildman–Crippen MR) is 59.8 cm³/mol. The molecule has 2 rings (SSSR count). The normalized spacial score (nSPS) is 16.6. The third-order valence-electron chi connectivity index (χ3n) is 2.86. The number of phenols is 1. The van der Waals surface area contributed by atoms with E-state index >= 15 is 0 Å². The van der Waals surface area contributed by atoms with Crippen LogP contribution in [0.25, 0.3) is 0 Å². The molecule has 1 fully saturated rings. The molecule has 16 heavy (non-hydrogen) atoms. The molecular weight excluding hydrogens is 206 g/mol. The minimum atomic E-state index is -0.253. The highest BCUT2D eigenvalue weighted by atomic mass is 16.5. The number of amides is 1. The lowest BCUT2D eigenvalue weighted by Crippen LogP contribution is -2.34. The van der Waals surface area contributed by atoms with Crippen LogP contribution >= 0.6 is 0 Å². The second kappa shape index (κ2) is 3.70. The minimum absolute atomic E-state index is 0.0254. The van der Waals surface area contributed by atoms with Crippen LogP contribution < -0.4 is 10.1 Å². The van der Waals surface area contributed by atoms with E-state index in [1.54, 1.807) is 6.07 Å². The molecule has 1 amide bonds. The molecule has 1 aliphatic rings. The molecule has 2 N–H and O–H groups in total. The van der Waals surface area contributed by atoms with E-state index in [0.717, 1.165) is 12.8 Å². The van der Waals surface area contributed by atoms with Gasteiger partial charge in [0.1, 0.15) is 11.5 Å². The Labute approximate surface area is 94.2 Å². The van der Waals surface area contributed by atoms with Gasteiger partial charge in [-0.25, -0.2) is 0 Å². The number of aromatic hydroxyl groups is 1. The molecule has 4 nitrogen and oxygen atoms in total. The van der Waals surface area contributed by atoms with Gasteiger partial charge in [-0.2, -0.15) is 0 Å². The lowest BCUT2D eigenvalue weighted by molar-refractivity contribution is 0.0932. The van der Waals surface area contributed by atoms with Gasteiger partial charge < -0.3 is 15.2 Å². The van der Waals surface area contributed by atoms with Crippen molar-refractivity contribution in [1.29, 1.82) is 0 Å². The van der Waals surface area contributed by atoms with Crippen LogP contribution in [0.15, 0.2) is 18.2 Å². The molecular formula is C12H15NO3. The largest absolute Gasteiger partial charge is 0.507 e. The van der Waals surface area contributed by atoms with Crippen molar-refractivity contribution in [2.24, 2.45) is 0 Å². The lowest BCUT2D eigenvalue weighted by Gasteiger charge is -2.12. The first-order chi connectivity index (χ1) is 7.54. The zero-order chi connectivity index (χ0) is 11.8. The molecule has 1 aromatic rings. The summed E-state index contributed by atoms with van der Waals surface area (Å²) in [6.45, 7) is 1.99. The topological polar surface area (TPSA) is 58.6 Å². The quantitative estimate of drug-likeness (QED) is 0.816. The average Bonchev–Trinajstić information content (AvgIpc) is 2.96. The Bertz CT molecular complexity index is 424. The van der Waals surface area contributed by atoms with Crippen LogP contribution in [0.5, 0.6) is 11.5 Å². The fraction of sp³-hybridized carbons (Fsp3) is 0.417. The molecule has 0 bridgehead atoms. The Kier molecular flexibility index (Phi) is 2.50. The highest BCUT2D eigenvalue weighted by Gasteiger charge is 2.39. The summed E-state index contributed by atoms with van der Waals surface area (Å²) in [6.07, 6.45) is 1.98. The fourth-order valence-electron chi connectivity index (χ4n) is 1.48. The van der Waals surface area contributed by atoms with Crippen LogP contribution in [0, 0.1) is 0 Å². The molecule has 1 saturated carbocycles. The molecule has 0 atom stereocenters. The number of carbonyl (C=O) groups excluding carboxylic acids is 1. The van der Waals surface area contributed by atoms with E-state index in [0.29, 0.717) is 5.75 Å². The van der Waals surface area contributed by atoms with Crippen LogP contribution in [0.3, 0.4) is 0 Å². The first kappa shape index (κ1) is 10.8. The molecule has 0 aliphatic heterocycles. The summed E-state index contributed by atoms with van der Waals surface area (Å²) in [4.78, 5) is 11.9. The van der Waals surface area contributed by atoms with E-state index in [1.807, 2.05) is 6.92 Å². The van der Waals surface area contributed by atoms with Crippen molar-refractivity contribution in [3.63, 3.8) is 0 Å². The Morgan fingerprint density at radius 1 is 1.50 bits per heavy atom. The van der Waals surface area contributed by atoms with Crippen LogP contribution in [-0.2, 0) is 0 Å². The monoisotopic (exact) mass is 221 g/mol. The summed E-state index contributed by atoms with van der Waals surface area (Å²) < 4.78 is 5.01. The van der Waals surface area contributed by atoms with Gasteiger partial charge in [0, 0.05) is 5.54 Å².